The number of hydrogen-bond acceptors (Lipinski definition) is 17. The Morgan fingerprint density at radius 3 is 2.26 bits per heavy atom. The lowest BCUT2D eigenvalue weighted by atomic mass is 9.99. The van der Waals surface area contributed by atoms with E-state index in [4.69, 9.17) is 44.8 Å². The lowest BCUT2D eigenvalue weighted by Crippen LogP contribution is -2.36. The summed E-state index contributed by atoms with van der Waals surface area (Å²) in [6.45, 7) is -1.62. The number of aliphatic hydroxyl groups is 1. The van der Waals surface area contributed by atoms with E-state index in [1.165, 1.54) is 34.1 Å². The van der Waals surface area contributed by atoms with E-state index in [2.05, 4.69) is 24.9 Å². The quantitative estimate of drug-likeness (QED) is 0.120. The summed E-state index contributed by atoms with van der Waals surface area (Å²) < 4.78 is 62.6. The van der Waals surface area contributed by atoms with Crippen LogP contribution in [0.1, 0.15) is 12.5 Å². The Morgan fingerprint density at radius 1 is 0.913 bits per heavy atom. The van der Waals surface area contributed by atoms with Gasteiger partial charge in [-0.1, -0.05) is 0 Å². The number of aromatic nitrogens is 7. The van der Waals surface area contributed by atoms with Crippen LogP contribution in [-0.2, 0) is 36.7 Å². The third kappa shape index (κ3) is 5.41. The van der Waals surface area contributed by atoms with Crippen LogP contribution in [0.15, 0.2) is 29.7 Å². The Hall–Kier alpha value is -3.37. The minimum Gasteiger partial charge on any atom is -0.397 e. The number of nitrogens with zero attached hydrogens (tertiary/aromatic N) is 6. The highest BCUT2D eigenvalue weighted by Crippen LogP contribution is 2.54. The molecular formula is C22H28N10O12P2. The van der Waals surface area contributed by atoms with Crippen LogP contribution in [0.5, 0.6) is 0 Å². The first kappa shape index (κ1) is 31.2. The fourth-order valence-electron chi connectivity index (χ4n) is 5.77. The smallest absolute Gasteiger partial charge is 0.397 e. The maximum atomic E-state index is 13.4. The molecule has 0 radical (unpaired) electrons. The SMILES string of the molecule is NC[C@H]1[C@H]2OP(=O)(O)OC[C@H]3O[C@@H](n4cnc5c(N)ccnc54)[C@H](O)[C@@H]3OP(=O)(O)OC[C@H]1O[C@H]2n1cnc2c(=O)[nH]c(N)nc21. The number of ether oxygens (including phenoxy) is 2. The third-order valence-electron chi connectivity index (χ3n) is 7.88. The minimum absolute atomic E-state index is 0.0475. The van der Waals surface area contributed by atoms with E-state index in [9.17, 15) is 28.8 Å². The Kier molecular flexibility index (Phi) is 7.74. The molecule has 2 bridgehead atoms. The number of nitrogens with two attached hydrogens (primary N) is 3. The maximum Gasteiger partial charge on any atom is 0.472 e. The van der Waals surface area contributed by atoms with Crippen LogP contribution in [0.4, 0.5) is 11.6 Å². The van der Waals surface area contributed by atoms with E-state index in [1.807, 2.05) is 0 Å². The molecule has 3 aliphatic heterocycles. The molecule has 46 heavy (non-hydrogen) atoms. The van der Waals surface area contributed by atoms with Gasteiger partial charge in [-0.2, -0.15) is 4.98 Å². The van der Waals surface area contributed by atoms with Crippen molar-refractivity contribution in [3.05, 3.63) is 35.3 Å². The molecule has 24 heteroatoms. The lowest BCUT2D eigenvalue weighted by molar-refractivity contribution is -0.0671. The van der Waals surface area contributed by atoms with Gasteiger partial charge in [0.05, 0.1) is 37.7 Å². The van der Waals surface area contributed by atoms with E-state index < -0.39 is 83.3 Å². The second-order valence-electron chi connectivity index (χ2n) is 10.7. The number of aromatic amines is 1. The molecule has 3 fully saturated rings. The van der Waals surface area contributed by atoms with Crippen molar-refractivity contribution in [3.63, 3.8) is 0 Å². The van der Waals surface area contributed by atoms with Gasteiger partial charge < -0.3 is 41.6 Å². The first-order valence-corrected chi connectivity index (χ1v) is 16.6. The molecule has 0 amide bonds. The summed E-state index contributed by atoms with van der Waals surface area (Å²) >= 11 is 0. The van der Waals surface area contributed by atoms with Gasteiger partial charge in [-0.05, 0) is 6.07 Å². The normalized spacial score (nSPS) is 37.1. The number of pyridine rings is 1. The molecule has 0 saturated carbocycles. The minimum atomic E-state index is -5.01. The molecule has 7 rings (SSSR count). The number of rotatable bonds is 3. The van der Waals surface area contributed by atoms with Crippen LogP contribution in [0.2, 0.25) is 0 Å². The lowest BCUT2D eigenvalue weighted by Gasteiger charge is -2.26. The zero-order chi connectivity index (χ0) is 32.5. The van der Waals surface area contributed by atoms with Crippen LogP contribution >= 0.6 is 15.6 Å². The Morgan fingerprint density at radius 2 is 1.54 bits per heavy atom. The maximum absolute atomic E-state index is 13.4. The highest BCUT2D eigenvalue weighted by atomic mass is 31.2. The second kappa shape index (κ2) is 11.4. The second-order valence-corrected chi connectivity index (χ2v) is 13.5. The summed E-state index contributed by atoms with van der Waals surface area (Å²) in [5, 5.41) is 11.2. The number of aliphatic hydroxyl groups excluding tert-OH is 1. The molecule has 3 saturated heterocycles. The molecule has 3 aliphatic rings. The average molecular weight is 686 g/mol. The summed E-state index contributed by atoms with van der Waals surface area (Å²) in [7, 11) is -10.0. The molecule has 10 atom stereocenters. The summed E-state index contributed by atoms with van der Waals surface area (Å²) in [4.78, 5) is 52.8. The molecule has 0 aliphatic carbocycles. The molecule has 4 aromatic heterocycles. The zero-order valence-electron chi connectivity index (χ0n) is 23.4. The Bertz CT molecular complexity index is 1950. The first-order chi connectivity index (χ1) is 21.9. The monoisotopic (exact) mass is 686 g/mol. The van der Waals surface area contributed by atoms with Gasteiger partial charge in [0.25, 0.3) is 5.56 Å². The van der Waals surface area contributed by atoms with Crippen molar-refractivity contribution in [2.24, 2.45) is 11.7 Å². The number of nitrogen functional groups attached to an aromatic ring is 2. The standard InChI is InChI=1S/C22H28N10O12P2/c23-3-8-10-4-39-46(37,38)44-16-11(42-20(14(16)33)31-6-27-12-9(24)1-2-26-17(12)31)5-40-45(35,36)43-15(8)21(41-10)32-7-28-13-18(32)29-22(25)30-19(13)34/h1-2,6-8,10-11,14-16,20-21,33H,3-5,23H2,(H2,24,26)(H,35,36)(H,37,38)(H3,25,29,30,34)/t8-,10-,11-,14-,15-,16-,20-,21-/m1/s1. The van der Waals surface area contributed by atoms with Crippen molar-refractivity contribution in [2.45, 2.75) is 43.0 Å². The summed E-state index contributed by atoms with van der Waals surface area (Å²) in [5.41, 5.74) is 17.7. The molecule has 2 unspecified atom stereocenters. The van der Waals surface area contributed by atoms with Crippen molar-refractivity contribution in [2.75, 3.05) is 31.2 Å². The van der Waals surface area contributed by atoms with Crippen LogP contribution in [-0.4, -0.2) is 99.2 Å². The van der Waals surface area contributed by atoms with Gasteiger partial charge in [0.1, 0.15) is 29.9 Å². The molecule has 10 N–H and O–H groups in total. The number of fused-ring (bicyclic) bond motifs is 5. The predicted molar refractivity (Wildman–Crippen MR) is 152 cm³/mol. The fourth-order valence-corrected chi connectivity index (χ4v) is 7.70. The highest BCUT2D eigenvalue weighted by Gasteiger charge is 2.53. The topological polar surface area (TPSA) is 323 Å². The number of H-pyrrole nitrogens is 1. The fraction of sp³-hybridized carbons (Fsp3) is 0.500. The number of hydrogen-bond donors (Lipinski definition) is 7. The molecular weight excluding hydrogens is 658 g/mol. The number of nitrogens with one attached hydrogen (secondary N) is 1. The summed E-state index contributed by atoms with van der Waals surface area (Å²) in [6.07, 6.45) is -5.96. The zero-order valence-corrected chi connectivity index (χ0v) is 25.2. The van der Waals surface area contributed by atoms with Crippen LogP contribution in [0, 0.1) is 5.92 Å². The summed E-state index contributed by atoms with van der Waals surface area (Å²) in [6, 6.07) is 1.52. The van der Waals surface area contributed by atoms with Gasteiger partial charge in [0, 0.05) is 18.7 Å². The van der Waals surface area contributed by atoms with Crippen molar-refractivity contribution >= 4 is 49.6 Å². The molecule has 22 nitrogen and oxygen atoms in total. The number of phosphoric acid groups is 2. The van der Waals surface area contributed by atoms with Gasteiger partial charge >= 0.3 is 15.6 Å². The molecule has 248 valence electrons. The van der Waals surface area contributed by atoms with Crippen molar-refractivity contribution in [1.29, 1.82) is 0 Å². The molecule has 0 aromatic carbocycles. The van der Waals surface area contributed by atoms with E-state index in [1.54, 1.807) is 0 Å². The summed E-state index contributed by atoms with van der Waals surface area (Å²) in [5.74, 6) is -1.18. The molecule has 7 heterocycles. The Balaban J connectivity index is 1.22. The number of phosphoric ester groups is 2. The highest BCUT2D eigenvalue weighted by molar-refractivity contribution is 7.47. The Labute approximate surface area is 256 Å². The van der Waals surface area contributed by atoms with Crippen molar-refractivity contribution in [1.82, 2.24) is 34.1 Å². The first-order valence-electron chi connectivity index (χ1n) is 13.7. The van der Waals surface area contributed by atoms with Gasteiger partial charge in [-0.15, -0.1) is 0 Å². The van der Waals surface area contributed by atoms with E-state index in [0.29, 0.717) is 11.2 Å². The van der Waals surface area contributed by atoms with Crippen molar-refractivity contribution < 1.29 is 51.6 Å². The number of anilines is 2. The molecule has 4 aromatic rings. The van der Waals surface area contributed by atoms with Gasteiger partial charge in [-0.25, -0.2) is 24.1 Å². The van der Waals surface area contributed by atoms with Gasteiger partial charge in [0.15, 0.2) is 29.3 Å². The van der Waals surface area contributed by atoms with Crippen LogP contribution in [0.25, 0.3) is 22.3 Å². The van der Waals surface area contributed by atoms with Crippen LogP contribution < -0.4 is 22.8 Å². The van der Waals surface area contributed by atoms with Crippen LogP contribution in [0.3, 0.4) is 0 Å². The van der Waals surface area contributed by atoms with E-state index in [0.717, 1.165) is 0 Å². The van der Waals surface area contributed by atoms with Gasteiger partial charge in [0.2, 0.25) is 5.95 Å². The predicted octanol–water partition coefficient (Wildman–Crippen LogP) is -1.52. The van der Waals surface area contributed by atoms with Gasteiger partial charge in [-0.3, -0.25) is 37.0 Å². The molecule has 0 spiro atoms. The third-order valence-corrected chi connectivity index (χ3v) is 9.85. The van der Waals surface area contributed by atoms with Crippen molar-refractivity contribution in [3.8, 4) is 0 Å². The largest absolute Gasteiger partial charge is 0.472 e. The number of imidazole rings is 2. The average Bonchev–Trinajstić information content (AvgIpc) is 3.75. The van der Waals surface area contributed by atoms with E-state index in [-0.39, 0.29) is 29.3 Å². The van der Waals surface area contributed by atoms with E-state index >= 15 is 0 Å².